The SMILES string of the molecule is CN[C@H](CC(C)C)C(=O)N[C@H]1C(=O)N[C@@H](CC(N)=O)C(=O)N[C@H]2C(=O)N[C@H]3C(=O)N[C@H](C(=O)N[C@H](C(=O)NCCCON=C(C(=O)N[C@@H]4C(=O)N5C(C(=O)[O-])=C(C[n+]6ccccc6)CS[C@H]45)c4nc(N)sc4Cl)c4cc(O)cc(O)c4C4=CC3C=CC4O)[C@H](O)c3ccc(c(Cl)c3)Oc3cc2cc(c3O[C@@H]2OC(CO)C(O)C(O)C2O[C@@H]2CC(C)(N)C(O)[C@H](C)O2)Oc2ccc(cc2Cl)[C@H]1O. The molecule has 4 aromatic carbocycles. The normalized spacial score (nSPS) is 28.7. The second-order valence-corrected chi connectivity index (χ2v) is 37.5. The van der Waals surface area contributed by atoms with Crippen molar-refractivity contribution >= 4 is 139 Å². The highest BCUT2D eigenvalue weighted by Crippen LogP contribution is 2.50. The summed E-state index contributed by atoms with van der Waals surface area (Å²) < 4.78 is 40.3. The molecule has 24 N–H and O–H groups in total. The zero-order valence-corrected chi connectivity index (χ0v) is 76.6. The Morgan fingerprint density at radius 3 is 2.09 bits per heavy atom. The van der Waals surface area contributed by atoms with Crippen LogP contribution in [0.15, 0.2) is 126 Å². The van der Waals surface area contributed by atoms with Crippen LogP contribution < -0.4 is 88.9 Å². The number of thioether (sulfide) groups is 1. The van der Waals surface area contributed by atoms with Crippen molar-refractivity contribution < 1.29 is 142 Å². The zero-order chi connectivity index (χ0) is 98.1. The fraction of sp³-hybridized carbons (Fsp3) is 0.425. The fourth-order valence-electron chi connectivity index (χ4n) is 16.8. The number of pyridine rings is 1. The summed E-state index contributed by atoms with van der Waals surface area (Å²) in [6.07, 6.45) is -14.3. The summed E-state index contributed by atoms with van der Waals surface area (Å²) in [6, 6.07) is 0.144. The molecule has 8 unspecified atom stereocenters. The lowest BCUT2D eigenvalue weighted by Crippen LogP contribution is -2.71. The van der Waals surface area contributed by atoms with Crippen molar-refractivity contribution in [3.05, 3.63) is 169 Å². The number of amides is 10. The number of primary amides is 1. The molecule has 0 radical (unpaired) electrons. The number of β-lactam (4-membered cyclic amide) rings is 1. The molecule has 3 fully saturated rings. The van der Waals surface area contributed by atoms with Gasteiger partial charge in [0.2, 0.25) is 59.3 Å². The number of rotatable bonds is 24. The summed E-state index contributed by atoms with van der Waals surface area (Å²) in [5.41, 5.74) is 13.7. The van der Waals surface area contributed by atoms with Gasteiger partial charge in [0.1, 0.15) is 118 Å². The molecule has 11 heterocycles. The maximum Gasteiger partial charge on any atom is 0.276 e. The number of aliphatic carboxylic acids is 1. The number of nitrogen functional groups attached to an aromatic ring is 1. The summed E-state index contributed by atoms with van der Waals surface area (Å²) >= 11 is 22.8. The molecular formula is C87H97Cl3N16O28S2. The van der Waals surface area contributed by atoms with E-state index in [2.05, 4.69) is 58.0 Å². The van der Waals surface area contributed by atoms with Crippen LogP contribution >= 0.6 is 57.9 Å². The Labute approximate surface area is 796 Å². The van der Waals surface area contributed by atoms with Gasteiger partial charge in [0, 0.05) is 65.9 Å². The Morgan fingerprint density at radius 1 is 0.794 bits per heavy atom. The van der Waals surface area contributed by atoms with Crippen LogP contribution in [0.4, 0.5) is 5.13 Å². The number of aliphatic hydroxyl groups excluding tert-OH is 7. The predicted molar refractivity (Wildman–Crippen MR) is 478 cm³/mol. The molecule has 9 aliphatic heterocycles. The highest BCUT2D eigenvalue weighted by Gasteiger charge is 2.56. The molecule has 3 saturated heterocycles. The van der Waals surface area contributed by atoms with Crippen LogP contribution in [0.5, 0.6) is 40.2 Å². The van der Waals surface area contributed by atoms with Gasteiger partial charge in [0.15, 0.2) is 53.7 Å². The van der Waals surface area contributed by atoms with E-state index in [1.807, 2.05) is 13.8 Å². The first kappa shape index (κ1) is 100. The van der Waals surface area contributed by atoms with Crippen LogP contribution in [0.1, 0.15) is 111 Å². The lowest BCUT2D eigenvalue weighted by molar-refractivity contribution is -0.689. The van der Waals surface area contributed by atoms with Crippen molar-refractivity contribution in [2.45, 2.75) is 187 Å². The van der Waals surface area contributed by atoms with Gasteiger partial charge in [-0.1, -0.05) is 102 Å². The second kappa shape index (κ2) is 41.9. The number of phenolic OH excluding ortho intramolecular Hbond substituents is 2. The minimum atomic E-state index is -2.40. The number of carboxylic acid groups (broad SMARTS) is 1. The second-order valence-electron chi connectivity index (χ2n) is 33.9. The summed E-state index contributed by atoms with van der Waals surface area (Å²) in [5, 5.41) is 144. The number of fused-ring (bicyclic) bond motifs is 15. The van der Waals surface area contributed by atoms with Gasteiger partial charge in [-0.3, -0.25) is 52.8 Å². The molecular weight excluding hydrogens is 1890 g/mol. The van der Waals surface area contributed by atoms with Gasteiger partial charge < -0.3 is 154 Å². The Balaban J connectivity index is 0.844. The van der Waals surface area contributed by atoms with Gasteiger partial charge in [-0.25, -0.2) is 9.55 Å². The molecule has 136 heavy (non-hydrogen) atoms. The van der Waals surface area contributed by atoms with E-state index in [1.165, 1.54) is 50.9 Å². The molecule has 10 aliphatic rings. The third-order valence-electron chi connectivity index (χ3n) is 23.7. The first-order chi connectivity index (χ1) is 64.6. The molecule has 6 aromatic rings. The number of ether oxygens (including phenoxy) is 6. The number of carbonyl (C=O) groups excluding carboxylic acids is 11. The number of thiazole rings is 1. The maximum absolute atomic E-state index is 16.4. The molecule has 22 atom stereocenters. The van der Waals surface area contributed by atoms with Crippen LogP contribution in [0.2, 0.25) is 14.4 Å². The summed E-state index contributed by atoms with van der Waals surface area (Å²) in [6.45, 7) is 4.82. The minimum Gasteiger partial charge on any atom is -0.543 e. The monoisotopic (exact) mass is 1980 g/mol. The highest BCUT2D eigenvalue weighted by atomic mass is 35.5. The molecule has 0 spiro atoms. The van der Waals surface area contributed by atoms with Gasteiger partial charge in [-0.15, -0.1) is 11.8 Å². The fourth-order valence-corrected chi connectivity index (χ4v) is 19.5. The van der Waals surface area contributed by atoms with Crippen molar-refractivity contribution in [2.24, 2.45) is 28.5 Å². The molecule has 2 aromatic heterocycles. The van der Waals surface area contributed by atoms with Gasteiger partial charge >= 0.3 is 0 Å². The molecule has 11 bridgehead atoms. The van der Waals surface area contributed by atoms with Gasteiger partial charge in [-0.05, 0) is 104 Å². The Morgan fingerprint density at radius 2 is 1.46 bits per heavy atom. The number of aliphatic hydroxyl groups is 7. The lowest BCUT2D eigenvalue weighted by Gasteiger charge is -2.50. The van der Waals surface area contributed by atoms with Crippen molar-refractivity contribution in [3.63, 3.8) is 0 Å². The number of aromatic nitrogens is 2. The van der Waals surface area contributed by atoms with E-state index in [-0.39, 0.29) is 85.8 Å². The molecule has 1 aliphatic carbocycles. The van der Waals surface area contributed by atoms with Crippen LogP contribution in [0.3, 0.4) is 0 Å². The summed E-state index contributed by atoms with van der Waals surface area (Å²) in [4.78, 5) is 173. The van der Waals surface area contributed by atoms with Crippen molar-refractivity contribution in [2.75, 3.05) is 38.3 Å². The number of oxime groups is 1. The number of halogens is 3. The highest BCUT2D eigenvalue weighted by molar-refractivity contribution is 8.00. The number of anilines is 1. The van der Waals surface area contributed by atoms with Gasteiger partial charge in [0.05, 0.1) is 59.1 Å². The third-order valence-corrected chi connectivity index (χ3v) is 26.7. The first-order valence-electron chi connectivity index (χ1n) is 42.6. The van der Waals surface area contributed by atoms with E-state index < -0.39 is 286 Å². The molecule has 726 valence electrons. The predicted octanol–water partition coefficient (Wildman–Crippen LogP) is -2.08. The number of carbonyl (C=O) groups is 11. The quantitative estimate of drug-likeness (QED) is 0.00772. The number of hydrogen-bond donors (Lipinski definition) is 21. The minimum absolute atomic E-state index is 0.108. The average molecular weight is 1990 g/mol. The van der Waals surface area contributed by atoms with Gasteiger partial charge in [0.25, 0.3) is 11.8 Å². The molecule has 16 rings (SSSR count). The van der Waals surface area contributed by atoms with E-state index in [0.29, 0.717) is 5.57 Å². The van der Waals surface area contributed by atoms with E-state index in [9.17, 15) is 75.0 Å². The van der Waals surface area contributed by atoms with E-state index in [0.717, 1.165) is 76.9 Å². The number of phenols is 2. The van der Waals surface area contributed by atoms with Crippen LogP contribution in [-0.2, 0) is 78.3 Å². The van der Waals surface area contributed by atoms with Crippen LogP contribution in [0.25, 0.3) is 5.57 Å². The third kappa shape index (κ3) is 21.6. The first-order valence-corrected chi connectivity index (χ1v) is 45.6. The smallest absolute Gasteiger partial charge is 0.276 e. The average Bonchev–Trinajstić information content (AvgIpc) is 0.767. The zero-order valence-electron chi connectivity index (χ0n) is 72.7. The standard InChI is InChI=1S/C87H97Cl3N16O28S2/c1-33(2)20-45(94-5)74(117)100-62-66(112)36-11-14-49(43(88)22-36)130-51-24-38-25-52(70(51)134-85-71(69(115)68(114)53(31-107)132-85)133-55-29-87(4,93)72(116)34(3)129-55)131-50-15-12-37(23-44(50)89)67(113)63-81(124)99-59(42-26-40(108)27-48(110)56(42)41-21-35(10-13-47(41)109)57(77(120)101-63)98-78(121)58(38)97-75(118)46(28-54(91)111)96-80(62)123)76(119)95-16-9-19-128-104-61(60-73(90)136-86(92)103-60)79(122)102-64-82(125)106-65(84(126)127)39(32-135-83(64)106)30-105-17-7-6-8-18-105/h6-8,10-15,17-18,21-27,33-35,45-47,53,55,57-59,62-64,66-69,71-72,83,85,94,107,109,112-116H,9,16,19-20,28-32,93H2,1-5H3,(H14-,91,92,95,96,97,98,99,100,101,102,103,108,110,111,117,118,119,120,121,122,123,124,126,127)/t34-,35?,45+,46-,47?,53?,55+,57+,58+,59-,62+,63-,64+,66+,67+,68?,69?,71?,72?,83+,85-,87?/m0/s1. The van der Waals surface area contributed by atoms with Crippen molar-refractivity contribution in [3.8, 4) is 40.2 Å². The maximum atomic E-state index is 16.4. The lowest BCUT2D eigenvalue weighted by atomic mass is 9.82. The Hall–Kier alpha value is -11.9. The summed E-state index contributed by atoms with van der Waals surface area (Å²) in [7, 11) is 1.46. The van der Waals surface area contributed by atoms with Gasteiger partial charge in [-0.2, -0.15) is 0 Å². The topological polar surface area (TPSA) is 676 Å². The summed E-state index contributed by atoms with van der Waals surface area (Å²) in [5.74, 6) is -19.9. The van der Waals surface area contributed by atoms with E-state index >= 15 is 28.8 Å². The Bertz CT molecular complexity index is 5820. The number of likely N-dealkylation sites (N-methyl/N-ethyl adjacent to an activating group) is 1. The van der Waals surface area contributed by atoms with E-state index in [1.54, 1.807) is 35.2 Å². The molecule has 49 heteroatoms. The molecule has 44 nitrogen and oxygen atoms in total. The van der Waals surface area contributed by atoms with Crippen LogP contribution in [0, 0.1) is 11.8 Å². The molecule has 10 amide bonds. The number of nitrogens with two attached hydrogens (primary N) is 3. The van der Waals surface area contributed by atoms with Crippen molar-refractivity contribution in [1.82, 2.24) is 57.7 Å². The van der Waals surface area contributed by atoms with Crippen LogP contribution in [-0.4, -0.2) is 262 Å². The Kier molecular flexibility index (Phi) is 30.8. The number of hydrogen-bond acceptors (Lipinski definition) is 35. The molecule has 0 saturated carbocycles. The van der Waals surface area contributed by atoms with Crippen molar-refractivity contribution in [1.29, 1.82) is 0 Å². The van der Waals surface area contributed by atoms with E-state index in [4.69, 9.17) is 85.3 Å². The number of nitrogens with one attached hydrogen (secondary N) is 9. The number of nitrogens with zero attached hydrogens (tertiary/aromatic N) is 4. The number of carboxylic acids is 1. The number of aromatic hydroxyl groups is 2. The number of benzene rings is 4. The largest absolute Gasteiger partial charge is 0.543 e.